The third-order valence-corrected chi connectivity index (χ3v) is 4.30. The second-order valence-corrected chi connectivity index (χ2v) is 6.37. The fraction of sp³-hybridized carbons (Fsp3) is 0.0435. The molecule has 6 heteroatoms. The van der Waals surface area contributed by atoms with Gasteiger partial charge in [0.05, 0.1) is 0 Å². The minimum Gasteiger partial charge on any atom is -0.471 e. The van der Waals surface area contributed by atoms with Crippen LogP contribution in [0.25, 0.3) is 11.1 Å². The smallest absolute Gasteiger partial charge is 0.276 e. The van der Waals surface area contributed by atoms with Gasteiger partial charge >= 0.3 is 0 Å². The highest BCUT2D eigenvalue weighted by atomic mass is 19.1. The molecule has 144 valence electrons. The Morgan fingerprint density at radius 2 is 1.59 bits per heavy atom. The van der Waals surface area contributed by atoms with Crippen LogP contribution in [0.15, 0.2) is 91.1 Å². The number of aromatic nitrogens is 2. The summed E-state index contributed by atoms with van der Waals surface area (Å²) in [4.78, 5) is 12.4. The molecule has 4 aromatic rings. The van der Waals surface area contributed by atoms with Gasteiger partial charge in [-0.15, -0.1) is 0 Å². The van der Waals surface area contributed by atoms with Gasteiger partial charge in [0, 0.05) is 11.9 Å². The van der Waals surface area contributed by atoms with Crippen molar-refractivity contribution in [1.82, 2.24) is 9.78 Å². The first-order valence-electron chi connectivity index (χ1n) is 9.06. The monoisotopic (exact) mass is 387 g/mol. The molecule has 3 aromatic carbocycles. The van der Waals surface area contributed by atoms with E-state index in [9.17, 15) is 9.18 Å². The number of rotatable bonds is 6. The van der Waals surface area contributed by atoms with Crippen molar-refractivity contribution in [2.45, 2.75) is 6.73 Å². The molecule has 5 nitrogen and oxygen atoms in total. The molecule has 0 aliphatic rings. The molecule has 0 unspecified atom stereocenters. The summed E-state index contributed by atoms with van der Waals surface area (Å²) in [5.74, 6) is -0.114. The quantitative estimate of drug-likeness (QED) is 0.508. The van der Waals surface area contributed by atoms with Crippen LogP contribution in [0.2, 0.25) is 0 Å². The minimum absolute atomic E-state index is 0.116. The first-order chi connectivity index (χ1) is 14.2. The van der Waals surface area contributed by atoms with Crippen LogP contribution in [-0.2, 0) is 6.73 Å². The van der Waals surface area contributed by atoms with Crippen molar-refractivity contribution >= 4 is 11.6 Å². The van der Waals surface area contributed by atoms with E-state index < -0.39 is 0 Å². The first-order valence-corrected chi connectivity index (χ1v) is 9.06. The van der Waals surface area contributed by atoms with Gasteiger partial charge in [-0.3, -0.25) is 4.79 Å². The van der Waals surface area contributed by atoms with E-state index in [4.69, 9.17) is 4.74 Å². The summed E-state index contributed by atoms with van der Waals surface area (Å²) in [5.41, 5.74) is 3.16. The highest BCUT2D eigenvalue weighted by Gasteiger charge is 2.10. The number of ether oxygens (including phenoxy) is 1. The fourth-order valence-electron chi connectivity index (χ4n) is 2.80. The Morgan fingerprint density at radius 1 is 0.897 bits per heavy atom. The molecular weight excluding hydrogens is 369 g/mol. The van der Waals surface area contributed by atoms with Crippen molar-refractivity contribution in [3.05, 3.63) is 103 Å². The zero-order chi connectivity index (χ0) is 20.1. The van der Waals surface area contributed by atoms with Crippen molar-refractivity contribution in [2.24, 2.45) is 0 Å². The van der Waals surface area contributed by atoms with Gasteiger partial charge in [-0.2, -0.15) is 5.10 Å². The molecule has 0 spiro atoms. The lowest BCUT2D eigenvalue weighted by Crippen LogP contribution is -2.14. The summed E-state index contributed by atoms with van der Waals surface area (Å²) < 4.78 is 19.9. The van der Waals surface area contributed by atoms with E-state index in [1.807, 2.05) is 54.6 Å². The lowest BCUT2D eigenvalue weighted by molar-refractivity contribution is 0.102. The van der Waals surface area contributed by atoms with Gasteiger partial charge in [0.15, 0.2) is 12.4 Å². The zero-order valence-electron chi connectivity index (χ0n) is 15.5. The Balaban J connectivity index is 1.36. The number of hydrogen-bond donors (Lipinski definition) is 1. The van der Waals surface area contributed by atoms with Gasteiger partial charge in [-0.05, 0) is 53.6 Å². The molecule has 1 aromatic heterocycles. The van der Waals surface area contributed by atoms with E-state index in [0.717, 1.165) is 11.1 Å². The SMILES string of the molecule is O=C(Nc1ccc(-c2ccccc2)cc1)c1ccn(COc2ccc(F)cc2)n1. The van der Waals surface area contributed by atoms with Crippen molar-refractivity contribution < 1.29 is 13.9 Å². The summed E-state index contributed by atoms with van der Waals surface area (Å²) in [6, 6.07) is 25.0. The topological polar surface area (TPSA) is 56.2 Å². The number of nitrogens with zero attached hydrogens (tertiary/aromatic N) is 2. The molecule has 0 atom stereocenters. The van der Waals surface area contributed by atoms with Crippen molar-refractivity contribution in [1.29, 1.82) is 0 Å². The number of halogens is 1. The average molecular weight is 387 g/mol. The van der Waals surface area contributed by atoms with Crippen molar-refractivity contribution in [2.75, 3.05) is 5.32 Å². The van der Waals surface area contributed by atoms with Crippen LogP contribution in [0, 0.1) is 5.82 Å². The van der Waals surface area contributed by atoms with Gasteiger partial charge < -0.3 is 10.1 Å². The lowest BCUT2D eigenvalue weighted by Gasteiger charge is -2.07. The standard InChI is InChI=1S/C23H18FN3O2/c24-19-8-12-21(13-9-19)29-16-27-15-14-22(26-27)23(28)25-20-10-6-18(7-11-20)17-4-2-1-3-5-17/h1-15H,16H2,(H,25,28). The predicted octanol–water partition coefficient (Wildman–Crippen LogP) is 4.98. The van der Waals surface area contributed by atoms with E-state index in [-0.39, 0.29) is 24.1 Å². The number of nitrogens with one attached hydrogen (secondary N) is 1. The molecule has 4 rings (SSSR count). The van der Waals surface area contributed by atoms with Gasteiger partial charge in [0.25, 0.3) is 5.91 Å². The molecule has 0 bridgehead atoms. The summed E-state index contributed by atoms with van der Waals surface area (Å²) in [6.45, 7) is 0.116. The molecular formula is C23H18FN3O2. The molecule has 1 amide bonds. The van der Waals surface area contributed by atoms with Crippen LogP contribution < -0.4 is 10.1 Å². The van der Waals surface area contributed by atoms with Crippen LogP contribution in [0.5, 0.6) is 5.75 Å². The normalized spacial score (nSPS) is 10.5. The maximum Gasteiger partial charge on any atom is 0.276 e. The Hall–Kier alpha value is -3.93. The molecule has 0 fully saturated rings. The van der Waals surface area contributed by atoms with Crippen LogP contribution in [0.1, 0.15) is 10.5 Å². The first kappa shape index (κ1) is 18.4. The predicted molar refractivity (Wildman–Crippen MR) is 109 cm³/mol. The second kappa shape index (κ2) is 8.39. The Bertz CT molecular complexity index is 1090. The molecule has 1 heterocycles. The Kier molecular flexibility index (Phi) is 5.33. The van der Waals surface area contributed by atoms with E-state index in [0.29, 0.717) is 11.4 Å². The second-order valence-electron chi connectivity index (χ2n) is 6.37. The number of carbonyl (C=O) groups is 1. The van der Waals surface area contributed by atoms with Crippen molar-refractivity contribution in [3.63, 3.8) is 0 Å². The van der Waals surface area contributed by atoms with Gasteiger partial charge in [-0.1, -0.05) is 42.5 Å². The van der Waals surface area contributed by atoms with Gasteiger partial charge in [0.2, 0.25) is 0 Å². The molecule has 1 N–H and O–H groups in total. The van der Waals surface area contributed by atoms with Crippen LogP contribution in [0.4, 0.5) is 10.1 Å². The average Bonchev–Trinajstić information content (AvgIpc) is 3.24. The summed E-state index contributed by atoms with van der Waals surface area (Å²) in [5, 5.41) is 7.04. The summed E-state index contributed by atoms with van der Waals surface area (Å²) in [6.07, 6.45) is 1.65. The summed E-state index contributed by atoms with van der Waals surface area (Å²) >= 11 is 0. The lowest BCUT2D eigenvalue weighted by atomic mass is 10.1. The Labute approximate surface area is 167 Å². The molecule has 0 saturated heterocycles. The van der Waals surface area contributed by atoms with Crippen LogP contribution >= 0.6 is 0 Å². The largest absolute Gasteiger partial charge is 0.471 e. The molecule has 0 saturated carbocycles. The van der Waals surface area contributed by atoms with Crippen molar-refractivity contribution in [3.8, 4) is 16.9 Å². The Morgan fingerprint density at radius 3 is 2.31 bits per heavy atom. The van der Waals surface area contributed by atoms with Crippen LogP contribution in [0.3, 0.4) is 0 Å². The van der Waals surface area contributed by atoms with E-state index in [2.05, 4.69) is 10.4 Å². The minimum atomic E-state index is -0.327. The molecule has 0 aliphatic heterocycles. The van der Waals surface area contributed by atoms with E-state index >= 15 is 0 Å². The third-order valence-electron chi connectivity index (χ3n) is 4.30. The number of amides is 1. The van der Waals surface area contributed by atoms with E-state index in [1.165, 1.54) is 28.9 Å². The number of anilines is 1. The van der Waals surface area contributed by atoms with Gasteiger partial charge in [0.1, 0.15) is 11.6 Å². The third kappa shape index (κ3) is 4.68. The van der Waals surface area contributed by atoms with E-state index in [1.54, 1.807) is 12.3 Å². The maximum absolute atomic E-state index is 12.9. The van der Waals surface area contributed by atoms with Crippen LogP contribution in [-0.4, -0.2) is 15.7 Å². The molecule has 0 aliphatic carbocycles. The zero-order valence-corrected chi connectivity index (χ0v) is 15.5. The fourth-order valence-corrected chi connectivity index (χ4v) is 2.80. The number of carbonyl (C=O) groups excluding carboxylic acids is 1. The highest BCUT2D eigenvalue weighted by molar-refractivity contribution is 6.02. The molecule has 29 heavy (non-hydrogen) atoms. The summed E-state index contributed by atoms with van der Waals surface area (Å²) in [7, 11) is 0. The maximum atomic E-state index is 12.9. The van der Waals surface area contributed by atoms with Gasteiger partial charge in [-0.25, -0.2) is 9.07 Å². The molecule has 0 radical (unpaired) electrons. The highest BCUT2D eigenvalue weighted by Crippen LogP contribution is 2.21. The number of hydrogen-bond acceptors (Lipinski definition) is 3. The number of benzene rings is 3.